The standard InChI is InChI=1S/C18H28N4O4.Ni/c1-5-25-17(23)15-11-19-7-8-20-12-16(18(24)26-6-2)14(4)22-10-9-21-13(15)3;/h11-12,23-24H,5-10H2,1-4H3;/q;+2/p-2/b17-15-,18-16+,19-11?,20-12?,21-13?,22-14?;. The minimum Gasteiger partial charge on any atom is -0.613 e. The molecule has 1 heterocycles. The summed E-state index contributed by atoms with van der Waals surface area (Å²) in [5.74, 6) is -0.906. The number of nitrogens with zero attached hydrogens (tertiary/aromatic N) is 4. The molecule has 0 saturated carbocycles. The molecule has 0 N–H and O–H groups in total. The van der Waals surface area contributed by atoms with E-state index in [2.05, 4.69) is 20.0 Å². The van der Waals surface area contributed by atoms with Gasteiger partial charge >= 0.3 is 16.5 Å². The van der Waals surface area contributed by atoms with Gasteiger partial charge in [0.2, 0.25) is 0 Å². The molecule has 0 atom stereocenters. The van der Waals surface area contributed by atoms with Gasteiger partial charge in [0.25, 0.3) is 0 Å². The van der Waals surface area contributed by atoms with Gasteiger partial charge in [-0.25, -0.2) is 0 Å². The zero-order chi connectivity index (χ0) is 19.4. The van der Waals surface area contributed by atoms with Gasteiger partial charge in [-0.05, 0) is 27.1 Å². The van der Waals surface area contributed by atoms with Crippen LogP contribution in [0.4, 0.5) is 0 Å². The molecule has 0 radical (unpaired) electrons. The Balaban J connectivity index is 0.00000676. The molecule has 0 aromatic rings. The van der Waals surface area contributed by atoms with Crippen LogP contribution in [-0.2, 0) is 26.0 Å². The van der Waals surface area contributed by atoms with Crippen LogP contribution in [-0.4, -0.2) is 63.2 Å². The van der Waals surface area contributed by atoms with Crippen LogP contribution in [0.2, 0.25) is 0 Å². The van der Waals surface area contributed by atoms with Gasteiger partial charge in [-0.1, -0.05) is 13.8 Å². The maximum atomic E-state index is 12.0. The van der Waals surface area contributed by atoms with Crippen molar-refractivity contribution in [3.05, 3.63) is 23.0 Å². The Morgan fingerprint density at radius 1 is 0.815 bits per heavy atom. The molecule has 27 heavy (non-hydrogen) atoms. The predicted octanol–water partition coefficient (Wildman–Crippen LogP) is 0.278. The van der Waals surface area contributed by atoms with E-state index in [4.69, 9.17) is 9.47 Å². The molecule has 0 fully saturated rings. The van der Waals surface area contributed by atoms with Gasteiger partial charge in [0.1, 0.15) is 0 Å². The fourth-order valence-corrected chi connectivity index (χ4v) is 2.04. The Labute approximate surface area is 170 Å². The van der Waals surface area contributed by atoms with Crippen LogP contribution >= 0.6 is 0 Å². The topological polar surface area (TPSA) is 114 Å². The summed E-state index contributed by atoms with van der Waals surface area (Å²) in [7, 11) is 0. The number of ether oxygens (including phenoxy) is 2. The minimum absolute atomic E-state index is 0. The second kappa shape index (κ2) is 14.0. The first-order valence-corrected chi connectivity index (χ1v) is 8.61. The van der Waals surface area contributed by atoms with Crippen LogP contribution in [0.15, 0.2) is 43.0 Å². The number of aliphatic imine (C=N–C) groups is 4. The van der Waals surface area contributed by atoms with Crippen LogP contribution < -0.4 is 10.2 Å². The number of hydrogen-bond acceptors (Lipinski definition) is 8. The first kappa shape index (κ1) is 24.9. The molecule has 8 nitrogen and oxygen atoms in total. The number of rotatable bonds is 4. The summed E-state index contributed by atoms with van der Waals surface area (Å²) >= 11 is 0. The molecule has 152 valence electrons. The zero-order valence-electron chi connectivity index (χ0n) is 16.1. The van der Waals surface area contributed by atoms with E-state index in [9.17, 15) is 10.2 Å². The molecule has 1 rings (SSSR count). The normalized spacial score (nSPS) is 19.9. The van der Waals surface area contributed by atoms with E-state index in [0.29, 0.717) is 48.7 Å². The predicted molar refractivity (Wildman–Crippen MR) is 100.0 cm³/mol. The molecule has 0 spiro atoms. The van der Waals surface area contributed by atoms with Crippen LogP contribution in [0.5, 0.6) is 0 Å². The largest absolute Gasteiger partial charge is 2.00 e. The Kier molecular flexibility index (Phi) is 12.9. The third-order valence-electron chi connectivity index (χ3n) is 3.37. The van der Waals surface area contributed by atoms with E-state index in [1.807, 2.05) is 0 Å². The van der Waals surface area contributed by atoms with Gasteiger partial charge < -0.3 is 19.7 Å². The van der Waals surface area contributed by atoms with Crippen molar-refractivity contribution >= 4 is 23.9 Å². The zero-order valence-corrected chi connectivity index (χ0v) is 17.1. The summed E-state index contributed by atoms with van der Waals surface area (Å²) in [5, 5.41) is 24.1. The fourth-order valence-electron chi connectivity index (χ4n) is 2.04. The SMILES string of the molecule is CCO/C([O-])=C1/C=NCCN=C/C(=C(/[O-])OCC)C(C)=NCCN=C1C.[Ni+2]. The molecule has 1 aliphatic rings. The molecule has 0 unspecified atom stereocenters. The van der Waals surface area contributed by atoms with E-state index in [0.717, 1.165) is 0 Å². The number of allylic oxidation sites excluding steroid dienone is 2. The first-order valence-electron chi connectivity index (χ1n) is 8.61. The molecule has 9 heteroatoms. The number of hydrogen-bond donors (Lipinski definition) is 0. The van der Waals surface area contributed by atoms with Crippen LogP contribution in [0.1, 0.15) is 27.7 Å². The second-order valence-electron chi connectivity index (χ2n) is 5.27. The van der Waals surface area contributed by atoms with Gasteiger partial charge in [-0.3, -0.25) is 20.0 Å². The van der Waals surface area contributed by atoms with E-state index in [-0.39, 0.29) is 29.7 Å². The van der Waals surface area contributed by atoms with Crippen molar-refractivity contribution in [2.45, 2.75) is 27.7 Å². The van der Waals surface area contributed by atoms with Crippen molar-refractivity contribution in [3.63, 3.8) is 0 Å². The summed E-state index contributed by atoms with van der Waals surface area (Å²) in [6, 6.07) is 0. The quantitative estimate of drug-likeness (QED) is 0.479. The molecule has 0 aromatic heterocycles. The van der Waals surface area contributed by atoms with E-state index in [1.54, 1.807) is 27.7 Å². The summed E-state index contributed by atoms with van der Waals surface area (Å²) < 4.78 is 10.1. The minimum atomic E-state index is -0.453. The molecule has 0 aromatic carbocycles. The third kappa shape index (κ3) is 8.86. The molecule has 0 bridgehead atoms. The monoisotopic (exact) mass is 420 g/mol. The van der Waals surface area contributed by atoms with Crippen LogP contribution in [0.25, 0.3) is 0 Å². The third-order valence-corrected chi connectivity index (χ3v) is 3.37. The Bertz CT molecular complexity index is 596. The first-order chi connectivity index (χ1) is 12.5. The van der Waals surface area contributed by atoms with E-state index >= 15 is 0 Å². The van der Waals surface area contributed by atoms with Gasteiger partial charge in [-0.2, -0.15) is 0 Å². The molecular weight excluding hydrogens is 395 g/mol. The van der Waals surface area contributed by atoms with E-state index in [1.165, 1.54) is 12.4 Å². The molecule has 0 aliphatic carbocycles. The average Bonchev–Trinajstić information content (AvgIpc) is 2.60. The van der Waals surface area contributed by atoms with Crippen molar-refractivity contribution in [3.8, 4) is 0 Å². The molecule has 0 saturated heterocycles. The van der Waals surface area contributed by atoms with Crippen molar-refractivity contribution < 1.29 is 36.2 Å². The van der Waals surface area contributed by atoms with Crippen molar-refractivity contribution in [2.75, 3.05) is 39.4 Å². The summed E-state index contributed by atoms with van der Waals surface area (Å²) in [4.78, 5) is 17.1. The Morgan fingerprint density at radius 2 is 1.19 bits per heavy atom. The Hall–Kier alpha value is -2.15. The van der Waals surface area contributed by atoms with Crippen molar-refractivity contribution in [2.24, 2.45) is 20.0 Å². The average molecular weight is 421 g/mol. The Morgan fingerprint density at radius 3 is 1.52 bits per heavy atom. The van der Waals surface area contributed by atoms with Crippen molar-refractivity contribution in [1.29, 1.82) is 0 Å². The maximum absolute atomic E-state index is 12.0. The molecule has 1 aliphatic heterocycles. The van der Waals surface area contributed by atoms with Crippen LogP contribution in [0, 0.1) is 0 Å². The van der Waals surface area contributed by atoms with Gasteiger partial charge in [0.05, 0.1) is 38.1 Å². The molecular formula is C18H26N4NiO4. The van der Waals surface area contributed by atoms with Gasteiger partial charge in [0.15, 0.2) is 0 Å². The van der Waals surface area contributed by atoms with Crippen LogP contribution in [0.3, 0.4) is 0 Å². The van der Waals surface area contributed by atoms with Crippen molar-refractivity contribution in [1.82, 2.24) is 0 Å². The molecule has 0 amide bonds. The fraction of sp³-hybridized carbons (Fsp3) is 0.556. The summed E-state index contributed by atoms with van der Waals surface area (Å²) in [6.07, 6.45) is 2.92. The summed E-state index contributed by atoms with van der Waals surface area (Å²) in [5.41, 5.74) is 1.73. The van der Waals surface area contributed by atoms with E-state index < -0.39 is 11.9 Å². The maximum Gasteiger partial charge on any atom is 2.00 e. The summed E-state index contributed by atoms with van der Waals surface area (Å²) in [6.45, 7) is 8.97. The van der Waals surface area contributed by atoms with Gasteiger partial charge in [0, 0.05) is 35.0 Å². The second-order valence-corrected chi connectivity index (χ2v) is 5.27. The smallest absolute Gasteiger partial charge is 0.613 e. The van der Waals surface area contributed by atoms with Gasteiger partial charge in [-0.15, -0.1) is 0 Å².